The zero-order chi connectivity index (χ0) is 20.7. The molecule has 2 atom stereocenters. The van der Waals surface area contributed by atoms with Crippen LogP contribution in [0.25, 0.3) is 0 Å². The summed E-state index contributed by atoms with van der Waals surface area (Å²) >= 11 is 0. The number of rotatable bonds is 3. The van der Waals surface area contributed by atoms with Crippen molar-refractivity contribution in [3.63, 3.8) is 0 Å². The van der Waals surface area contributed by atoms with Crippen LogP contribution in [0, 0.1) is 6.92 Å². The van der Waals surface area contributed by atoms with Crippen molar-refractivity contribution < 1.29 is 19.0 Å². The predicted octanol–water partition coefficient (Wildman–Crippen LogP) is 3.41. The second kappa shape index (κ2) is 7.50. The molecule has 2 aliphatic heterocycles. The maximum atomic E-state index is 13.4. The fourth-order valence-electron chi connectivity index (χ4n) is 4.08. The van der Waals surface area contributed by atoms with Crippen LogP contribution in [-0.2, 0) is 11.8 Å². The first kappa shape index (κ1) is 18.7. The van der Waals surface area contributed by atoms with Crippen molar-refractivity contribution in [2.45, 2.75) is 19.1 Å². The zero-order valence-electron chi connectivity index (χ0n) is 16.9. The third-order valence-electron chi connectivity index (χ3n) is 5.65. The molecule has 154 valence electrons. The minimum absolute atomic E-state index is 0.0394. The average Bonchev–Trinajstić information content (AvgIpc) is 3.39. The second-order valence-corrected chi connectivity index (χ2v) is 7.64. The maximum absolute atomic E-state index is 13.4. The minimum Gasteiger partial charge on any atom is -0.454 e. The van der Waals surface area contributed by atoms with Gasteiger partial charge in [-0.25, -0.2) is 4.98 Å². The van der Waals surface area contributed by atoms with Gasteiger partial charge in [0.15, 0.2) is 11.5 Å². The predicted molar refractivity (Wildman–Crippen MR) is 109 cm³/mol. The van der Waals surface area contributed by atoms with E-state index in [-0.39, 0.29) is 24.9 Å². The Kier molecular flexibility index (Phi) is 4.67. The molecule has 0 unspecified atom stereocenters. The summed E-state index contributed by atoms with van der Waals surface area (Å²) < 4.78 is 19.2. The van der Waals surface area contributed by atoms with E-state index in [4.69, 9.17) is 14.2 Å². The van der Waals surface area contributed by atoms with Crippen molar-refractivity contribution in [2.75, 3.05) is 19.9 Å². The highest BCUT2D eigenvalue weighted by molar-refractivity contribution is 5.93. The number of morpholine rings is 1. The van der Waals surface area contributed by atoms with Crippen LogP contribution < -0.4 is 9.47 Å². The Hall–Kier alpha value is -3.32. The Balaban J connectivity index is 1.49. The molecular formula is C23H23N3O4. The van der Waals surface area contributed by atoms with Gasteiger partial charge in [-0.05, 0) is 30.2 Å². The van der Waals surface area contributed by atoms with Crippen LogP contribution in [0.5, 0.6) is 11.5 Å². The molecule has 7 heteroatoms. The van der Waals surface area contributed by atoms with Crippen LogP contribution >= 0.6 is 0 Å². The lowest BCUT2D eigenvalue weighted by Crippen LogP contribution is -2.44. The number of aromatic nitrogens is 2. The van der Waals surface area contributed by atoms with Crippen molar-refractivity contribution in [1.29, 1.82) is 0 Å². The third-order valence-corrected chi connectivity index (χ3v) is 5.65. The molecule has 3 aromatic rings. The summed E-state index contributed by atoms with van der Waals surface area (Å²) in [5.41, 5.74) is 3.33. The van der Waals surface area contributed by atoms with E-state index in [2.05, 4.69) is 4.98 Å². The van der Waals surface area contributed by atoms with Gasteiger partial charge < -0.3 is 23.7 Å². The first-order valence-electron chi connectivity index (χ1n) is 9.97. The number of fused-ring (bicyclic) bond motifs is 1. The molecule has 30 heavy (non-hydrogen) atoms. The SMILES string of the molecule is Cc1ncn(C)c1C(=O)N1C[C@@H](c2ccccc2)O[C@@H](c2ccc3c(c2)OCO3)C1. The Bertz CT molecular complexity index is 1060. The zero-order valence-corrected chi connectivity index (χ0v) is 16.9. The fourth-order valence-corrected chi connectivity index (χ4v) is 4.08. The summed E-state index contributed by atoms with van der Waals surface area (Å²) in [6, 6.07) is 15.8. The highest BCUT2D eigenvalue weighted by Gasteiger charge is 2.34. The Morgan fingerprint density at radius 1 is 1.00 bits per heavy atom. The van der Waals surface area contributed by atoms with Gasteiger partial charge in [0.05, 0.1) is 25.1 Å². The summed E-state index contributed by atoms with van der Waals surface area (Å²) in [6.07, 6.45) is 1.16. The first-order chi connectivity index (χ1) is 14.6. The van der Waals surface area contributed by atoms with Gasteiger partial charge in [0.25, 0.3) is 5.91 Å². The maximum Gasteiger partial charge on any atom is 0.272 e. The van der Waals surface area contributed by atoms with Crippen LogP contribution in [0.2, 0.25) is 0 Å². The van der Waals surface area contributed by atoms with Gasteiger partial charge in [-0.15, -0.1) is 0 Å². The van der Waals surface area contributed by atoms with Gasteiger partial charge in [-0.3, -0.25) is 4.79 Å². The van der Waals surface area contributed by atoms with Crippen molar-refractivity contribution >= 4 is 5.91 Å². The van der Waals surface area contributed by atoms with Gasteiger partial charge in [-0.2, -0.15) is 0 Å². The lowest BCUT2D eigenvalue weighted by Gasteiger charge is -2.38. The molecule has 2 aliphatic rings. The smallest absolute Gasteiger partial charge is 0.272 e. The largest absolute Gasteiger partial charge is 0.454 e. The number of carbonyl (C=O) groups excluding carboxylic acids is 1. The minimum atomic E-state index is -0.282. The summed E-state index contributed by atoms with van der Waals surface area (Å²) in [7, 11) is 1.84. The van der Waals surface area contributed by atoms with Crippen LogP contribution in [-0.4, -0.2) is 40.2 Å². The van der Waals surface area contributed by atoms with Crippen molar-refractivity contribution in [1.82, 2.24) is 14.5 Å². The lowest BCUT2D eigenvalue weighted by molar-refractivity contribution is -0.0799. The Morgan fingerprint density at radius 2 is 1.73 bits per heavy atom. The fraction of sp³-hybridized carbons (Fsp3) is 0.304. The number of hydrogen-bond acceptors (Lipinski definition) is 5. The summed E-state index contributed by atoms with van der Waals surface area (Å²) in [5.74, 6) is 1.40. The van der Waals surface area contributed by atoms with Crippen LogP contribution in [0.3, 0.4) is 0 Å². The van der Waals surface area contributed by atoms with Crippen molar-refractivity contribution in [3.8, 4) is 11.5 Å². The molecule has 1 aromatic heterocycles. The van der Waals surface area contributed by atoms with E-state index in [0.717, 1.165) is 22.6 Å². The number of imidazole rings is 1. The topological polar surface area (TPSA) is 65.8 Å². The van der Waals surface area contributed by atoms with Gasteiger partial charge in [0, 0.05) is 7.05 Å². The van der Waals surface area contributed by atoms with E-state index < -0.39 is 0 Å². The molecule has 3 heterocycles. The van der Waals surface area contributed by atoms with Gasteiger partial charge in [0.2, 0.25) is 6.79 Å². The summed E-state index contributed by atoms with van der Waals surface area (Å²) in [5, 5.41) is 0. The quantitative estimate of drug-likeness (QED) is 0.668. The number of carbonyl (C=O) groups is 1. The van der Waals surface area contributed by atoms with Crippen LogP contribution in [0.1, 0.15) is 39.5 Å². The molecule has 1 fully saturated rings. The van der Waals surface area contributed by atoms with E-state index in [1.807, 2.05) is 67.4 Å². The second-order valence-electron chi connectivity index (χ2n) is 7.64. The molecule has 7 nitrogen and oxygen atoms in total. The Labute approximate surface area is 174 Å². The van der Waals surface area contributed by atoms with Crippen LogP contribution in [0.15, 0.2) is 54.9 Å². The molecule has 2 aromatic carbocycles. The number of nitrogens with zero attached hydrogens (tertiary/aromatic N) is 3. The van der Waals surface area contributed by atoms with Crippen LogP contribution in [0.4, 0.5) is 0 Å². The van der Waals surface area contributed by atoms with Crippen molar-refractivity contribution in [3.05, 3.63) is 77.4 Å². The molecule has 1 amide bonds. The third kappa shape index (κ3) is 3.31. The number of ether oxygens (including phenoxy) is 3. The first-order valence-corrected chi connectivity index (χ1v) is 9.97. The molecule has 0 saturated carbocycles. The van der Waals surface area contributed by atoms with Crippen molar-refractivity contribution in [2.24, 2.45) is 7.05 Å². The highest BCUT2D eigenvalue weighted by Crippen LogP contribution is 2.39. The van der Waals surface area contributed by atoms with E-state index in [9.17, 15) is 4.79 Å². The number of aryl methyl sites for hydroxylation is 2. The molecular weight excluding hydrogens is 382 g/mol. The number of hydrogen-bond donors (Lipinski definition) is 0. The van der Waals surface area contributed by atoms with E-state index in [0.29, 0.717) is 24.5 Å². The molecule has 5 rings (SSSR count). The lowest BCUT2D eigenvalue weighted by atomic mass is 10.0. The monoisotopic (exact) mass is 405 g/mol. The standard InChI is InChI=1S/C23H23N3O4/c1-15-22(25(2)13-24-15)23(27)26-11-20(16-6-4-3-5-7-16)30-21(12-26)17-8-9-18-19(10-17)29-14-28-18/h3-10,13,20-21H,11-12,14H2,1-2H3/t20-,21+/m0/s1. The van der Waals surface area contributed by atoms with E-state index in [1.54, 1.807) is 10.9 Å². The molecule has 0 N–H and O–H groups in total. The Morgan fingerprint density at radius 3 is 2.47 bits per heavy atom. The number of benzene rings is 2. The molecule has 0 bridgehead atoms. The molecule has 0 radical (unpaired) electrons. The normalized spacial score (nSPS) is 20.4. The van der Waals surface area contributed by atoms with Gasteiger partial charge in [-0.1, -0.05) is 36.4 Å². The number of amides is 1. The van der Waals surface area contributed by atoms with Gasteiger partial charge >= 0.3 is 0 Å². The summed E-state index contributed by atoms with van der Waals surface area (Å²) in [4.78, 5) is 19.5. The average molecular weight is 405 g/mol. The molecule has 0 spiro atoms. The van der Waals surface area contributed by atoms with Gasteiger partial charge in [0.1, 0.15) is 17.9 Å². The van der Waals surface area contributed by atoms with E-state index in [1.165, 1.54) is 0 Å². The summed E-state index contributed by atoms with van der Waals surface area (Å²) in [6.45, 7) is 3.01. The van der Waals surface area contributed by atoms with E-state index >= 15 is 0 Å². The molecule has 1 saturated heterocycles. The molecule has 0 aliphatic carbocycles. The highest BCUT2D eigenvalue weighted by atomic mass is 16.7.